The van der Waals surface area contributed by atoms with Crippen LogP contribution in [0.25, 0.3) is 0 Å². The number of carbonyl (C=O) groups is 2. The molecule has 2 aromatic carbocycles. The molecule has 164 valence electrons. The van der Waals surface area contributed by atoms with Crippen molar-refractivity contribution < 1.29 is 34.0 Å². The first-order valence-corrected chi connectivity index (χ1v) is 8.67. The highest BCUT2D eigenvalue weighted by Gasteiger charge is 2.30. The van der Waals surface area contributed by atoms with Crippen LogP contribution >= 0.6 is 0 Å². The minimum absolute atomic E-state index is 0.0269. The summed E-state index contributed by atoms with van der Waals surface area (Å²) in [5, 5.41) is 38.4. The molecule has 14 heteroatoms. The van der Waals surface area contributed by atoms with E-state index < -0.39 is 44.3 Å². The molecule has 0 aliphatic heterocycles. The highest BCUT2D eigenvalue weighted by atomic mass is 16.7. The standard InChI is InChI=1S/C18H13N5O9/c1-20(2)23(30)19-32-17-9-16(11(21(26)27)8-12(17)22(28)29)31-15-5-3-4-10-13(24)6-7-14(25)18(10)15/h3-9H,1-2H3/b23-19+. The largest absolute Gasteiger partial charge is 0.569 e. The molecule has 0 N–H and O–H groups in total. The maximum atomic E-state index is 12.3. The van der Waals surface area contributed by atoms with Gasteiger partial charge in [0.25, 0.3) is 0 Å². The number of benzene rings is 2. The second kappa shape index (κ2) is 8.47. The van der Waals surface area contributed by atoms with E-state index >= 15 is 0 Å². The van der Waals surface area contributed by atoms with Gasteiger partial charge in [-0.1, -0.05) is 12.1 Å². The Hall–Kier alpha value is -4.88. The molecule has 0 atom stereocenters. The fraction of sp³-hybridized carbons (Fsp3) is 0.111. The predicted octanol–water partition coefficient (Wildman–Crippen LogP) is 2.96. The van der Waals surface area contributed by atoms with Crippen molar-refractivity contribution in [2.75, 3.05) is 14.1 Å². The van der Waals surface area contributed by atoms with Crippen LogP contribution in [-0.2, 0) is 0 Å². The number of carbonyl (C=O) groups excluding carboxylic acids is 2. The minimum Gasteiger partial charge on any atom is -0.569 e. The van der Waals surface area contributed by atoms with E-state index in [1.807, 2.05) is 0 Å². The van der Waals surface area contributed by atoms with E-state index in [1.54, 1.807) is 0 Å². The number of allylic oxidation sites excluding steroid dienone is 2. The Morgan fingerprint density at radius 2 is 1.50 bits per heavy atom. The summed E-state index contributed by atoms with van der Waals surface area (Å²) in [6, 6.07) is 5.42. The van der Waals surface area contributed by atoms with Crippen LogP contribution in [0.3, 0.4) is 0 Å². The lowest BCUT2D eigenvalue weighted by molar-refractivity contribution is -0.695. The molecule has 0 saturated carbocycles. The molecule has 0 amide bonds. The van der Waals surface area contributed by atoms with Crippen LogP contribution in [0, 0.1) is 25.4 Å². The van der Waals surface area contributed by atoms with Crippen LogP contribution in [0.2, 0.25) is 0 Å². The van der Waals surface area contributed by atoms with Gasteiger partial charge in [-0.15, -0.1) is 0 Å². The molecular weight excluding hydrogens is 430 g/mol. The average molecular weight is 443 g/mol. The maximum Gasteiger partial charge on any atom is 0.321 e. The first kappa shape index (κ1) is 21.8. The highest BCUT2D eigenvalue weighted by molar-refractivity contribution is 6.23. The summed E-state index contributed by atoms with van der Waals surface area (Å²) in [5.74, 6) is -2.41. The van der Waals surface area contributed by atoms with Crippen LogP contribution in [0.15, 0.2) is 47.8 Å². The van der Waals surface area contributed by atoms with Gasteiger partial charge in [-0.25, -0.2) is 0 Å². The summed E-state index contributed by atoms with van der Waals surface area (Å²) in [6.07, 6.45) is 2.11. The van der Waals surface area contributed by atoms with Crippen LogP contribution in [-0.4, -0.2) is 45.5 Å². The molecule has 0 spiro atoms. The van der Waals surface area contributed by atoms with E-state index in [0.717, 1.165) is 23.2 Å². The molecular formula is C18H13N5O9. The third kappa shape index (κ3) is 4.18. The molecule has 1 aliphatic rings. The topological polar surface area (TPSA) is 181 Å². The van der Waals surface area contributed by atoms with Gasteiger partial charge in [0.05, 0.1) is 34.5 Å². The SMILES string of the molecule is CN(C)/[N+]([O-])=N\Oc1cc(Oc2cccc3c2C(=O)C=CC3=O)c([N+](=O)[O-])cc1[N+](=O)[O-]. The Kier molecular flexibility index (Phi) is 5.77. The normalized spacial score (nSPS) is 12.9. The highest BCUT2D eigenvalue weighted by Crippen LogP contribution is 2.42. The summed E-state index contributed by atoms with van der Waals surface area (Å²) in [6.45, 7) is 0. The molecule has 0 bridgehead atoms. The number of nitro groups is 2. The number of rotatable bonds is 7. The summed E-state index contributed by atoms with van der Waals surface area (Å²) >= 11 is 0. The predicted molar refractivity (Wildman–Crippen MR) is 104 cm³/mol. The van der Waals surface area contributed by atoms with Crippen LogP contribution in [0.1, 0.15) is 20.7 Å². The van der Waals surface area contributed by atoms with Gasteiger partial charge in [0.2, 0.25) is 16.8 Å². The maximum absolute atomic E-state index is 12.3. The molecule has 1 aliphatic carbocycles. The summed E-state index contributed by atoms with van der Waals surface area (Å²) < 4.78 is 5.52. The number of ketones is 2. The molecule has 32 heavy (non-hydrogen) atoms. The number of hydrogen-bond donors (Lipinski definition) is 0. The zero-order chi connectivity index (χ0) is 23.6. The van der Waals surface area contributed by atoms with Crippen molar-refractivity contribution in [1.82, 2.24) is 5.01 Å². The van der Waals surface area contributed by atoms with Crippen molar-refractivity contribution in [3.05, 3.63) is 79.0 Å². The number of nitro benzene ring substituents is 2. The molecule has 2 aromatic rings. The van der Waals surface area contributed by atoms with Gasteiger partial charge in [-0.3, -0.25) is 34.7 Å². The Morgan fingerprint density at radius 3 is 2.12 bits per heavy atom. The summed E-state index contributed by atoms with van der Waals surface area (Å²) in [5.41, 5.74) is -1.78. The first-order chi connectivity index (χ1) is 15.1. The zero-order valence-electron chi connectivity index (χ0n) is 16.5. The fourth-order valence-corrected chi connectivity index (χ4v) is 2.65. The Labute approximate surface area is 178 Å². The zero-order valence-corrected chi connectivity index (χ0v) is 16.5. The van der Waals surface area contributed by atoms with Crippen molar-refractivity contribution in [2.24, 2.45) is 5.28 Å². The van der Waals surface area contributed by atoms with Crippen molar-refractivity contribution in [2.45, 2.75) is 0 Å². The minimum atomic E-state index is -0.968. The molecule has 0 fully saturated rings. The Morgan fingerprint density at radius 1 is 0.875 bits per heavy atom. The lowest BCUT2D eigenvalue weighted by atomic mass is 9.94. The lowest BCUT2D eigenvalue weighted by Crippen LogP contribution is -2.21. The Bertz CT molecular complexity index is 1220. The molecule has 0 unspecified atom stereocenters. The molecule has 14 nitrogen and oxygen atoms in total. The van der Waals surface area contributed by atoms with Crippen LogP contribution in [0.4, 0.5) is 11.4 Å². The van der Waals surface area contributed by atoms with Crippen LogP contribution in [0.5, 0.6) is 17.2 Å². The second-order valence-electron chi connectivity index (χ2n) is 6.42. The molecule has 3 rings (SSSR count). The van der Waals surface area contributed by atoms with Crippen molar-refractivity contribution >= 4 is 22.9 Å². The van der Waals surface area contributed by atoms with E-state index in [0.29, 0.717) is 6.07 Å². The third-order valence-electron chi connectivity index (χ3n) is 4.13. The van der Waals surface area contributed by atoms with Crippen LogP contribution < -0.4 is 9.57 Å². The van der Waals surface area contributed by atoms with Gasteiger partial charge < -0.3 is 9.94 Å². The van der Waals surface area contributed by atoms with E-state index in [2.05, 4.69) is 5.28 Å². The third-order valence-corrected chi connectivity index (χ3v) is 4.13. The van der Waals surface area contributed by atoms with Gasteiger partial charge in [-0.2, -0.15) is 5.01 Å². The average Bonchev–Trinajstić information content (AvgIpc) is 2.74. The molecule has 0 saturated heterocycles. The number of fused-ring (bicyclic) bond motifs is 1. The molecule has 0 radical (unpaired) electrons. The van der Waals surface area contributed by atoms with Crippen molar-refractivity contribution in [3.63, 3.8) is 0 Å². The van der Waals surface area contributed by atoms with Gasteiger partial charge >= 0.3 is 11.4 Å². The smallest absolute Gasteiger partial charge is 0.321 e. The summed E-state index contributed by atoms with van der Waals surface area (Å²) in [7, 11) is 2.65. The van der Waals surface area contributed by atoms with E-state index in [1.165, 1.54) is 32.3 Å². The number of hydrazine groups is 1. The second-order valence-corrected chi connectivity index (χ2v) is 6.42. The molecule has 0 aromatic heterocycles. The van der Waals surface area contributed by atoms with Crippen molar-refractivity contribution in [1.29, 1.82) is 0 Å². The number of ether oxygens (including phenoxy) is 1. The lowest BCUT2D eigenvalue weighted by Gasteiger charge is -2.15. The van der Waals surface area contributed by atoms with Gasteiger partial charge in [0.15, 0.2) is 11.6 Å². The van der Waals surface area contributed by atoms with E-state index in [4.69, 9.17) is 9.57 Å². The van der Waals surface area contributed by atoms with Gasteiger partial charge in [0.1, 0.15) is 11.8 Å². The first-order valence-electron chi connectivity index (χ1n) is 8.67. The monoisotopic (exact) mass is 443 g/mol. The van der Waals surface area contributed by atoms with E-state index in [-0.39, 0.29) is 21.8 Å². The number of nitrogens with zero attached hydrogens (tertiary/aromatic N) is 5. The fourth-order valence-electron chi connectivity index (χ4n) is 2.65. The quantitative estimate of drug-likeness (QED) is 0.267. The van der Waals surface area contributed by atoms with Gasteiger partial charge in [0, 0.05) is 11.6 Å². The Balaban J connectivity index is 2.14. The van der Waals surface area contributed by atoms with E-state index in [9.17, 15) is 35.0 Å². The van der Waals surface area contributed by atoms with Crippen molar-refractivity contribution in [3.8, 4) is 17.2 Å². The number of hydrogen-bond acceptors (Lipinski definition) is 10. The van der Waals surface area contributed by atoms with Gasteiger partial charge in [-0.05, 0) is 18.2 Å². The summed E-state index contributed by atoms with van der Waals surface area (Å²) in [4.78, 5) is 50.0. The molecule has 0 heterocycles.